The summed E-state index contributed by atoms with van der Waals surface area (Å²) in [6.45, 7) is 5.44. The lowest BCUT2D eigenvalue weighted by Crippen LogP contribution is -2.24. The maximum absolute atomic E-state index is 3.21. The van der Waals surface area contributed by atoms with Crippen molar-refractivity contribution in [3.63, 3.8) is 0 Å². The first-order valence-corrected chi connectivity index (χ1v) is 7.32. The van der Waals surface area contributed by atoms with Crippen LogP contribution in [0, 0.1) is 6.92 Å². The van der Waals surface area contributed by atoms with Gasteiger partial charge in [-0.05, 0) is 56.1 Å². The van der Waals surface area contributed by atoms with E-state index in [1.165, 1.54) is 28.1 Å². The Morgan fingerprint density at radius 1 is 1.15 bits per heavy atom. The SMILES string of the molecule is CNCc1ccc(N2c3ccccc3CC2C)c(C)c1. The molecule has 0 aliphatic carbocycles. The third kappa shape index (κ3) is 2.20. The highest BCUT2D eigenvalue weighted by Gasteiger charge is 2.27. The van der Waals surface area contributed by atoms with E-state index in [1.54, 1.807) is 0 Å². The van der Waals surface area contributed by atoms with Gasteiger partial charge in [0.1, 0.15) is 0 Å². The van der Waals surface area contributed by atoms with Gasteiger partial charge in [-0.1, -0.05) is 30.3 Å². The fraction of sp³-hybridized carbons (Fsp3) is 0.333. The maximum atomic E-state index is 3.21. The number of benzene rings is 2. The van der Waals surface area contributed by atoms with Gasteiger partial charge in [0.25, 0.3) is 0 Å². The van der Waals surface area contributed by atoms with Crippen molar-refractivity contribution in [1.29, 1.82) is 0 Å². The van der Waals surface area contributed by atoms with E-state index in [1.807, 2.05) is 7.05 Å². The second-order valence-electron chi connectivity index (χ2n) is 5.70. The third-order valence-electron chi connectivity index (χ3n) is 4.11. The molecule has 1 atom stereocenters. The summed E-state index contributed by atoms with van der Waals surface area (Å²) in [5.41, 5.74) is 6.85. The molecule has 0 radical (unpaired) electrons. The molecule has 1 heterocycles. The quantitative estimate of drug-likeness (QED) is 0.909. The van der Waals surface area contributed by atoms with Crippen LogP contribution in [0.15, 0.2) is 42.5 Å². The first kappa shape index (κ1) is 13.2. The minimum Gasteiger partial charge on any atom is -0.338 e. The summed E-state index contributed by atoms with van der Waals surface area (Å²) >= 11 is 0. The van der Waals surface area contributed by atoms with E-state index >= 15 is 0 Å². The van der Waals surface area contributed by atoms with Crippen LogP contribution in [0.3, 0.4) is 0 Å². The zero-order valence-electron chi connectivity index (χ0n) is 12.5. The molecule has 0 fully saturated rings. The lowest BCUT2D eigenvalue weighted by Gasteiger charge is -2.27. The van der Waals surface area contributed by atoms with Crippen molar-refractivity contribution in [3.05, 3.63) is 59.2 Å². The van der Waals surface area contributed by atoms with E-state index in [0.717, 1.165) is 13.0 Å². The fourth-order valence-electron chi connectivity index (χ4n) is 3.23. The zero-order valence-corrected chi connectivity index (χ0v) is 12.5. The van der Waals surface area contributed by atoms with Crippen molar-refractivity contribution >= 4 is 11.4 Å². The molecule has 0 spiro atoms. The van der Waals surface area contributed by atoms with Gasteiger partial charge in [0.2, 0.25) is 0 Å². The summed E-state index contributed by atoms with van der Waals surface area (Å²) in [6.07, 6.45) is 1.13. The molecule has 2 aromatic rings. The highest BCUT2D eigenvalue weighted by atomic mass is 15.2. The van der Waals surface area contributed by atoms with E-state index in [2.05, 4.69) is 66.5 Å². The molecular formula is C18H22N2. The number of aryl methyl sites for hydroxylation is 1. The molecule has 0 bridgehead atoms. The van der Waals surface area contributed by atoms with Gasteiger partial charge < -0.3 is 10.2 Å². The topological polar surface area (TPSA) is 15.3 Å². The predicted octanol–water partition coefficient (Wildman–Crippen LogP) is 3.80. The fourth-order valence-corrected chi connectivity index (χ4v) is 3.23. The van der Waals surface area contributed by atoms with Crippen molar-refractivity contribution < 1.29 is 0 Å². The van der Waals surface area contributed by atoms with Crippen LogP contribution in [0.1, 0.15) is 23.6 Å². The Balaban J connectivity index is 2.01. The standard InChI is InChI=1S/C18H22N2/c1-13-10-15(12-19-3)8-9-17(13)20-14(2)11-16-6-4-5-7-18(16)20/h4-10,14,19H,11-12H2,1-3H3. The van der Waals surface area contributed by atoms with Crippen LogP contribution in [0.2, 0.25) is 0 Å². The van der Waals surface area contributed by atoms with Gasteiger partial charge >= 0.3 is 0 Å². The number of hydrogen-bond donors (Lipinski definition) is 1. The van der Waals surface area contributed by atoms with Crippen LogP contribution >= 0.6 is 0 Å². The Bertz CT molecular complexity index is 619. The van der Waals surface area contributed by atoms with E-state index in [0.29, 0.717) is 6.04 Å². The Morgan fingerprint density at radius 2 is 1.95 bits per heavy atom. The molecule has 1 unspecified atom stereocenters. The Hall–Kier alpha value is -1.80. The summed E-state index contributed by atoms with van der Waals surface area (Å²) < 4.78 is 0. The van der Waals surface area contributed by atoms with Gasteiger partial charge in [-0.3, -0.25) is 0 Å². The summed E-state index contributed by atoms with van der Waals surface area (Å²) in [7, 11) is 1.99. The average molecular weight is 266 g/mol. The number of nitrogens with zero attached hydrogens (tertiary/aromatic N) is 1. The molecule has 0 saturated heterocycles. The number of nitrogens with one attached hydrogen (secondary N) is 1. The second kappa shape index (κ2) is 5.29. The minimum atomic E-state index is 0.529. The first-order valence-electron chi connectivity index (χ1n) is 7.32. The van der Waals surface area contributed by atoms with Crippen molar-refractivity contribution in [2.24, 2.45) is 0 Å². The average Bonchev–Trinajstić information content (AvgIpc) is 2.76. The van der Waals surface area contributed by atoms with Crippen molar-refractivity contribution in [2.45, 2.75) is 32.9 Å². The van der Waals surface area contributed by atoms with Gasteiger partial charge in [-0.25, -0.2) is 0 Å². The van der Waals surface area contributed by atoms with E-state index in [-0.39, 0.29) is 0 Å². The Labute approximate surface area is 121 Å². The third-order valence-corrected chi connectivity index (χ3v) is 4.11. The molecule has 1 aliphatic rings. The molecule has 0 amide bonds. The van der Waals surface area contributed by atoms with Crippen LogP contribution < -0.4 is 10.2 Å². The van der Waals surface area contributed by atoms with Crippen LogP contribution in [0.25, 0.3) is 0 Å². The summed E-state index contributed by atoms with van der Waals surface area (Å²) in [6, 6.07) is 16.1. The molecule has 0 aromatic heterocycles. The number of anilines is 2. The molecule has 2 nitrogen and oxygen atoms in total. The van der Waals surface area contributed by atoms with Gasteiger partial charge in [0.15, 0.2) is 0 Å². The first-order chi connectivity index (χ1) is 9.70. The molecule has 1 N–H and O–H groups in total. The molecule has 20 heavy (non-hydrogen) atoms. The molecule has 0 saturated carbocycles. The molecule has 1 aliphatic heterocycles. The number of hydrogen-bond acceptors (Lipinski definition) is 2. The zero-order chi connectivity index (χ0) is 14.1. The highest BCUT2D eigenvalue weighted by molar-refractivity contribution is 5.73. The molecule has 2 aromatic carbocycles. The Morgan fingerprint density at radius 3 is 2.70 bits per heavy atom. The number of rotatable bonds is 3. The summed E-state index contributed by atoms with van der Waals surface area (Å²) in [4.78, 5) is 2.48. The van der Waals surface area contributed by atoms with Crippen molar-refractivity contribution in [2.75, 3.05) is 11.9 Å². The Kier molecular flexibility index (Phi) is 3.49. The predicted molar refractivity (Wildman–Crippen MR) is 85.7 cm³/mol. The largest absolute Gasteiger partial charge is 0.338 e. The highest BCUT2D eigenvalue weighted by Crippen LogP contribution is 2.39. The number of fused-ring (bicyclic) bond motifs is 1. The van der Waals surface area contributed by atoms with Gasteiger partial charge in [-0.15, -0.1) is 0 Å². The lowest BCUT2D eigenvalue weighted by atomic mass is 10.1. The van der Waals surface area contributed by atoms with Crippen LogP contribution in [0.5, 0.6) is 0 Å². The monoisotopic (exact) mass is 266 g/mol. The summed E-state index contributed by atoms with van der Waals surface area (Å²) in [5, 5.41) is 3.21. The van der Waals surface area contributed by atoms with E-state index in [4.69, 9.17) is 0 Å². The van der Waals surface area contributed by atoms with Crippen molar-refractivity contribution in [3.8, 4) is 0 Å². The van der Waals surface area contributed by atoms with Crippen LogP contribution in [0.4, 0.5) is 11.4 Å². The second-order valence-corrected chi connectivity index (χ2v) is 5.70. The van der Waals surface area contributed by atoms with E-state index < -0.39 is 0 Å². The van der Waals surface area contributed by atoms with Crippen molar-refractivity contribution in [1.82, 2.24) is 5.32 Å². The van der Waals surface area contributed by atoms with Crippen LogP contribution in [-0.2, 0) is 13.0 Å². The number of para-hydroxylation sites is 1. The summed E-state index contributed by atoms with van der Waals surface area (Å²) in [5.74, 6) is 0. The molecular weight excluding hydrogens is 244 g/mol. The van der Waals surface area contributed by atoms with Gasteiger partial charge in [-0.2, -0.15) is 0 Å². The van der Waals surface area contributed by atoms with Gasteiger partial charge in [0, 0.05) is 24.0 Å². The van der Waals surface area contributed by atoms with E-state index in [9.17, 15) is 0 Å². The lowest BCUT2D eigenvalue weighted by molar-refractivity contribution is 0.756. The molecule has 2 heteroatoms. The van der Waals surface area contributed by atoms with Gasteiger partial charge in [0.05, 0.1) is 0 Å². The minimum absolute atomic E-state index is 0.529. The maximum Gasteiger partial charge on any atom is 0.0446 e. The smallest absolute Gasteiger partial charge is 0.0446 e. The van der Waals surface area contributed by atoms with Crippen LogP contribution in [-0.4, -0.2) is 13.1 Å². The molecule has 3 rings (SSSR count). The normalized spacial score (nSPS) is 17.4. The molecule has 104 valence electrons.